The summed E-state index contributed by atoms with van der Waals surface area (Å²) in [6.07, 6.45) is 1.87. The van der Waals surface area contributed by atoms with Crippen LogP contribution in [-0.2, 0) is 4.74 Å². The number of benzene rings is 1. The van der Waals surface area contributed by atoms with Crippen LogP contribution in [0.5, 0.6) is 0 Å². The van der Waals surface area contributed by atoms with Gasteiger partial charge in [0, 0.05) is 24.4 Å². The van der Waals surface area contributed by atoms with Crippen LogP contribution in [0.1, 0.15) is 5.56 Å². The molecule has 0 saturated heterocycles. The molecule has 0 N–H and O–H groups in total. The van der Waals surface area contributed by atoms with E-state index in [0.29, 0.717) is 6.61 Å². The Bertz CT molecular complexity index is 317. The number of nitrogens with zero attached hydrogens (tertiary/aromatic N) is 1. The summed E-state index contributed by atoms with van der Waals surface area (Å²) in [7, 11) is 1.70. The van der Waals surface area contributed by atoms with Crippen molar-refractivity contribution in [1.29, 1.82) is 0 Å². The molecule has 1 aromatic rings. The van der Waals surface area contributed by atoms with Gasteiger partial charge in [-0.25, -0.2) is 0 Å². The van der Waals surface area contributed by atoms with Gasteiger partial charge in [0.1, 0.15) is 0 Å². The summed E-state index contributed by atoms with van der Waals surface area (Å²) in [6.45, 7) is 0.639. The van der Waals surface area contributed by atoms with Gasteiger partial charge in [0.15, 0.2) is 0 Å². The summed E-state index contributed by atoms with van der Waals surface area (Å²) in [4.78, 5) is 0. The van der Waals surface area contributed by atoms with E-state index >= 15 is 0 Å². The van der Waals surface area contributed by atoms with Crippen LogP contribution in [-0.4, -0.2) is 13.7 Å². The summed E-state index contributed by atoms with van der Waals surface area (Å²) in [6, 6.07) is 8.08. The molecule has 0 unspecified atom stereocenters. The maximum atomic E-state index is 5.05. The van der Waals surface area contributed by atoms with E-state index in [1.54, 1.807) is 7.11 Å². The van der Waals surface area contributed by atoms with E-state index in [2.05, 4.69) is 11.4 Å². The number of hydrogen-bond donors (Lipinski definition) is 0. The number of ether oxygens (including phenoxy) is 1. The van der Waals surface area contributed by atoms with Crippen molar-refractivity contribution in [2.75, 3.05) is 13.7 Å². The Morgan fingerprint density at radius 3 is 3.00 bits per heavy atom. The Hall–Kier alpha value is -1.28. The first-order valence-corrected chi connectivity index (χ1v) is 3.90. The van der Waals surface area contributed by atoms with E-state index < -0.39 is 0 Å². The van der Waals surface area contributed by atoms with E-state index in [1.807, 2.05) is 24.4 Å². The minimum Gasteiger partial charge on any atom is -0.380 e. The summed E-state index contributed by atoms with van der Waals surface area (Å²) < 4.78 is 5.05. The first-order chi connectivity index (χ1) is 5.92. The number of methoxy groups -OCH3 is 1. The lowest BCUT2D eigenvalue weighted by molar-refractivity contribution is 0.240. The predicted molar refractivity (Wildman–Crippen MR) is 48.1 cm³/mol. The van der Waals surface area contributed by atoms with Gasteiger partial charge in [0.2, 0.25) is 0 Å². The Morgan fingerprint density at radius 2 is 2.17 bits per heavy atom. The van der Waals surface area contributed by atoms with Gasteiger partial charge in [0.05, 0.1) is 12.3 Å². The van der Waals surface area contributed by atoms with Crippen LogP contribution in [0.3, 0.4) is 0 Å². The molecule has 1 heterocycles. The smallest absolute Gasteiger partial charge is 0.0734 e. The zero-order valence-corrected chi connectivity index (χ0v) is 6.95. The maximum Gasteiger partial charge on any atom is 0.0734 e. The van der Waals surface area contributed by atoms with Gasteiger partial charge in [-0.15, -0.1) is 0 Å². The maximum absolute atomic E-state index is 5.05. The molecule has 2 rings (SSSR count). The molecule has 1 radical (unpaired) electrons. The zero-order chi connectivity index (χ0) is 8.39. The molecule has 0 atom stereocenters. The molecule has 61 valence electrons. The topological polar surface area (TPSA) is 23.3 Å². The van der Waals surface area contributed by atoms with Gasteiger partial charge in [-0.05, 0) is 6.07 Å². The molecular weight excluding hydrogens is 150 g/mol. The van der Waals surface area contributed by atoms with Gasteiger partial charge in [-0.1, -0.05) is 18.2 Å². The predicted octanol–water partition coefficient (Wildman–Crippen LogP) is 1.92. The zero-order valence-electron chi connectivity index (χ0n) is 6.95. The number of fused-ring (bicyclic) bond motifs is 1. The lowest BCUT2D eigenvalue weighted by Crippen LogP contribution is -1.90. The number of rotatable bonds is 2. The van der Waals surface area contributed by atoms with Crippen LogP contribution in [0.15, 0.2) is 30.5 Å². The van der Waals surface area contributed by atoms with Crippen LogP contribution < -0.4 is 5.32 Å². The van der Waals surface area contributed by atoms with Crippen LogP contribution in [0.2, 0.25) is 0 Å². The fourth-order valence-corrected chi connectivity index (χ4v) is 1.35. The highest BCUT2D eigenvalue weighted by Gasteiger charge is 2.13. The normalized spacial score (nSPS) is 13.6. The van der Waals surface area contributed by atoms with Crippen molar-refractivity contribution in [1.82, 2.24) is 5.32 Å². The third-order valence-corrected chi connectivity index (χ3v) is 1.91. The average molecular weight is 160 g/mol. The van der Waals surface area contributed by atoms with Crippen molar-refractivity contribution < 1.29 is 4.74 Å². The van der Waals surface area contributed by atoms with Gasteiger partial charge < -0.3 is 4.74 Å². The molecular formula is C10H10NO. The summed E-state index contributed by atoms with van der Waals surface area (Å²) >= 11 is 0. The second-order valence-corrected chi connectivity index (χ2v) is 2.73. The number of para-hydroxylation sites is 1. The van der Waals surface area contributed by atoms with Crippen molar-refractivity contribution >= 4 is 11.3 Å². The minimum atomic E-state index is 0.639. The van der Waals surface area contributed by atoms with Crippen molar-refractivity contribution in [3.05, 3.63) is 36.0 Å². The van der Waals surface area contributed by atoms with Crippen LogP contribution >= 0.6 is 0 Å². The highest BCUT2D eigenvalue weighted by Crippen LogP contribution is 2.29. The molecule has 2 nitrogen and oxygen atoms in total. The molecule has 1 aliphatic heterocycles. The molecule has 0 aromatic heterocycles. The largest absolute Gasteiger partial charge is 0.380 e. The van der Waals surface area contributed by atoms with Gasteiger partial charge in [-0.2, -0.15) is 0 Å². The second kappa shape index (κ2) is 2.99. The standard InChI is InChI=1S/C10H10NO/c1-12-7-8-6-11-10-5-3-2-4-9(8)10/h2-6H,7H2,1H3. The minimum absolute atomic E-state index is 0.639. The fraction of sp³-hybridized carbons (Fsp3) is 0.200. The Labute approximate surface area is 71.9 Å². The average Bonchev–Trinajstić information content (AvgIpc) is 2.50. The molecule has 2 heteroatoms. The summed E-state index contributed by atoms with van der Waals surface area (Å²) in [5.41, 5.74) is 3.40. The molecule has 12 heavy (non-hydrogen) atoms. The van der Waals surface area contributed by atoms with Crippen LogP contribution in [0, 0.1) is 0 Å². The van der Waals surface area contributed by atoms with Gasteiger partial charge in [0.25, 0.3) is 0 Å². The van der Waals surface area contributed by atoms with Crippen molar-refractivity contribution in [3.8, 4) is 0 Å². The molecule has 0 saturated carbocycles. The third-order valence-electron chi connectivity index (χ3n) is 1.91. The highest BCUT2D eigenvalue weighted by molar-refractivity contribution is 5.79. The van der Waals surface area contributed by atoms with Crippen molar-refractivity contribution in [2.24, 2.45) is 0 Å². The van der Waals surface area contributed by atoms with Gasteiger partial charge in [-0.3, -0.25) is 5.32 Å². The number of hydrogen-bond acceptors (Lipinski definition) is 1. The lowest BCUT2D eigenvalue weighted by Gasteiger charge is -2.01. The molecule has 0 aliphatic carbocycles. The molecule has 0 amide bonds. The van der Waals surface area contributed by atoms with E-state index in [9.17, 15) is 0 Å². The molecule has 0 bridgehead atoms. The quantitative estimate of drug-likeness (QED) is 0.648. The first kappa shape index (κ1) is 7.37. The van der Waals surface area contributed by atoms with E-state index in [1.165, 1.54) is 5.56 Å². The SMILES string of the molecule is COCC1=C[N]c2ccccc21. The molecule has 1 aromatic carbocycles. The second-order valence-electron chi connectivity index (χ2n) is 2.73. The van der Waals surface area contributed by atoms with Crippen LogP contribution in [0.25, 0.3) is 5.57 Å². The van der Waals surface area contributed by atoms with Gasteiger partial charge >= 0.3 is 0 Å². The molecule has 1 aliphatic rings. The van der Waals surface area contributed by atoms with E-state index in [-0.39, 0.29) is 0 Å². The van der Waals surface area contributed by atoms with Crippen molar-refractivity contribution in [2.45, 2.75) is 0 Å². The fourth-order valence-electron chi connectivity index (χ4n) is 1.35. The summed E-state index contributed by atoms with van der Waals surface area (Å²) in [5, 5.41) is 4.26. The van der Waals surface area contributed by atoms with Crippen molar-refractivity contribution in [3.63, 3.8) is 0 Å². The molecule has 0 spiro atoms. The summed E-state index contributed by atoms with van der Waals surface area (Å²) in [5.74, 6) is 0. The Morgan fingerprint density at radius 1 is 1.33 bits per heavy atom. The molecule has 0 fully saturated rings. The monoisotopic (exact) mass is 160 g/mol. The highest BCUT2D eigenvalue weighted by atomic mass is 16.5. The van der Waals surface area contributed by atoms with E-state index in [0.717, 1.165) is 11.3 Å². The third kappa shape index (κ3) is 1.10. The lowest BCUT2D eigenvalue weighted by atomic mass is 10.1. The van der Waals surface area contributed by atoms with Crippen LogP contribution in [0.4, 0.5) is 5.69 Å². The first-order valence-electron chi connectivity index (χ1n) is 3.90. The Balaban J connectivity index is 2.32. The van der Waals surface area contributed by atoms with E-state index in [4.69, 9.17) is 4.74 Å². The Kier molecular flexibility index (Phi) is 1.84.